The minimum absolute atomic E-state index is 0.183. The normalized spacial score (nSPS) is 14.0. The largest absolute Gasteiger partial charge is 0.386 e. The van der Waals surface area contributed by atoms with Gasteiger partial charge in [-0.3, -0.25) is 9.59 Å². The molecule has 0 spiro atoms. The molecule has 2 N–H and O–H groups in total. The van der Waals surface area contributed by atoms with Crippen molar-refractivity contribution in [2.75, 3.05) is 18.5 Å². The maximum Gasteiger partial charge on any atom is 0.270 e. The zero-order valence-electron chi connectivity index (χ0n) is 14.3. The van der Waals surface area contributed by atoms with Crippen molar-refractivity contribution in [3.05, 3.63) is 41.5 Å². The summed E-state index contributed by atoms with van der Waals surface area (Å²) in [6.07, 6.45) is 8.42. The van der Waals surface area contributed by atoms with Crippen LogP contribution in [0.25, 0.3) is 0 Å². The van der Waals surface area contributed by atoms with Crippen molar-refractivity contribution in [1.82, 2.24) is 5.32 Å². The van der Waals surface area contributed by atoms with Crippen LogP contribution in [0, 0.1) is 11.6 Å². The summed E-state index contributed by atoms with van der Waals surface area (Å²) in [7, 11) is 0. The quantitative estimate of drug-likeness (QED) is 0.422. The molecule has 0 heterocycles. The molecule has 0 bridgehead atoms. The van der Waals surface area contributed by atoms with Crippen LogP contribution in [0.2, 0.25) is 0 Å². The second-order valence-electron chi connectivity index (χ2n) is 5.83. The summed E-state index contributed by atoms with van der Waals surface area (Å²) in [5.41, 5.74) is 1.18. The molecule has 0 saturated carbocycles. The third-order valence-corrected chi connectivity index (χ3v) is 3.78. The third-order valence-electron chi connectivity index (χ3n) is 3.78. The number of oxime groups is 1. The van der Waals surface area contributed by atoms with Gasteiger partial charge in [0.15, 0.2) is 6.61 Å². The molecule has 8 heteroatoms. The molecule has 26 heavy (non-hydrogen) atoms. The molecule has 0 aliphatic heterocycles. The Morgan fingerprint density at radius 3 is 2.85 bits per heavy atom. The van der Waals surface area contributed by atoms with E-state index in [0.29, 0.717) is 12.6 Å². The molecule has 1 aromatic rings. The molecule has 2 amide bonds. The summed E-state index contributed by atoms with van der Waals surface area (Å²) < 4.78 is 26.1. The number of allylic oxidation sites excluding steroid dienone is 1. The second kappa shape index (κ2) is 10.3. The molecule has 0 fully saturated rings. The Labute approximate surface area is 150 Å². The summed E-state index contributed by atoms with van der Waals surface area (Å²) >= 11 is 0. The lowest BCUT2D eigenvalue weighted by Crippen LogP contribution is -2.28. The van der Waals surface area contributed by atoms with Gasteiger partial charge in [0, 0.05) is 12.6 Å². The number of nitrogens with zero attached hydrogens (tertiary/aromatic N) is 1. The van der Waals surface area contributed by atoms with Crippen molar-refractivity contribution in [3.8, 4) is 0 Å². The average Bonchev–Trinajstić information content (AvgIpc) is 2.62. The predicted molar refractivity (Wildman–Crippen MR) is 93.6 cm³/mol. The Hall–Kier alpha value is -2.77. The Morgan fingerprint density at radius 1 is 1.27 bits per heavy atom. The van der Waals surface area contributed by atoms with Crippen LogP contribution in [0.3, 0.4) is 0 Å². The smallest absolute Gasteiger partial charge is 0.270 e. The van der Waals surface area contributed by atoms with E-state index >= 15 is 0 Å². The van der Waals surface area contributed by atoms with Gasteiger partial charge in [-0.1, -0.05) is 16.8 Å². The number of carbonyl (C=O) groups excluding carboxylic acids is 2. The number of halogens is 2. The van der Waals surface area contributed by atoms with Gasteiger partial charge in [0.25, 0.3) is 11.8 Å². The van der Waals surface area contributed by atoms with Crippen LogP contribution in [0.5, 0.6) is 0 Å². The minimum Gasteiger partial charge on any atom is -0.386 e. The van der Waals surface area contributed by atoms with E-state index < -0.39 is 17.5 Å². The van der Waals surface area contributed by atoms with Gasteiger partial charge in [-0.25, -0.2) is 8.78 Å². The number of benzene rings is 1. The molecule has 0 atom stereocenters. The fourth-order valence-corrected chi connectivity index (χ4v) is 2.48. The lowest BCUT2D eigenvalue weighted by Gasteiger charge is -2.12. The fourth-order valence-electron chi connectivity index (χ4n) is 2.48. The van der Waals surface area contributed by atoms with Gasteiger partial charge in [-0.15, -0.1) is 0 Å². The summed E-state index contributed by atoms with van der Waals surface area (Å²) in [6.45, 7) is 0.204. The van der Waals surface area contributed by atoms with Crippen LogP contribution in [0.1, 0.15) is 32.1 Å². The van der Waals surface area contributed by atoms with E-state index in [0.717, 1.165) is 37.6 Å². The SMILES string of the molecule is O=C(/C=N/OCC(=O)NCCC1=CCCCC1)Nc1ccc(F)cc1F. The van der Waals surface area contributed by atoms with Gasteiger partial charge in [-0.2, -0.15) is 0 Å². The molecule has 140 valence electrons. The van der Waals surface area contributed by atoms with Crippen LogP contribution in [0.15, 0.2) is 35.0 Å². The van der Waals surface area contributed by atoms with E-state index in [1.807, 2.05) is 0 Å². The maximum atomic E-state index is 13.4. The van der Waals surface area contributed by atoms with Crippen molar-refractivity contribution in [2.45, 2.75) is 32.1 Å². The first-order chi connectivity index (χ1) is 12.5. The molecule has 1 aromatic carbocycles. The number of anilines is 1. The topological polar surface area (TPSA) is 79.8 Å². The van der Waals surface area contributed by atoms with Crippen molar-refractivity contribution >= 4 is 23.7 Å². The fraction of sp³-hybridized carbons (Fsp3) is 0.389. The molecule has 0 radical (unpaired) electrons. The number of hydrogen-bond acceptors (Lipinski definition) is 4. The monoisotopic (exact) mass is 365 g/mol. The first-order valence-electron chi connectivity index (χ1n) is 8.40. The van der Waals surface area contributed by atoms with Gasteiger partial charge < -0.3 is 15.5 Å². The lowest BCUT2D eigenvalue weighted by atomic mass is 9.97. The minimum atomic E-state index is -0.903. The lowest BCUT2D eigenvalue weighted by molar-refractivity contribution is -0.125. The highest BCUT2D eigenvalue weighted by Crippen LogP contribution is 2.19. The van der Waals surface area contributed by atoms with Gasteiger partial charge in [0.1, 0.15) is 17.8 Å². The number of amides is 2. The Kier molecular flexibility index (Phi) is 7.73. The first-order valence-corrected chi connectivity index (χ1v) is 8.40. The van der Waals surface area contributed by atoms with Crippen molar-refractivity contribution in [1.29, 1.82) is 0 Å². The highest BCUT2D eigenvalue weighted by atomic mass is 19.1. The van der Waals surface area contributed by atoms with E-state index in [9.17, 15) is 18.4 Å². The van der Waals surface area contributed by atoms with E-state index in [1.165, 1.54) is 18.4 Å². The zero-order valence-corrected chi connectivity index (χ0v) is 14.3. The summed E-state index contributed by atoms with van der Waals surface area (Å²) in [5, 5.41) is 8.23. The van der Waals surface area contributed by atoms with Crippen LogP contribution >= 0.6 is 0 Å². The van der Waals surface area contributed by atoms with Crippen molar-refractivity contribution in [2.24, 2.45) is 5.16 Å². The number of hydrogen-bond donors (Lipinski definition) is 2. The van der Waals surface area contributed by atoms with Gasteiger partial charge >= 0.3 is 0 Å². The Morgan fingerprint density at radius 2 is 2.12 bits per heavy atom. The van der Waals surface area contributed by atoms with E-state index in [-0.39, 0.29) is 18.2 Å². The second-order valence-corrected chi connectivity index (χ2v) is 5.83. The van der Waals surface area contributed by atoms with E-state index in [2.05, 4.69) is 21.9 Å². The van der Waals surface area contributed by atoms with E-state index in [1.54, 1.807) is 0 Å². The third kappa shape index (κ3) is 7.00. The standard InChI is InChI=1S/C18H21F2N3O3/c19-14-6-7-16(15(20)10-14)23-17(24)11-22-26-12-18(25)21-9-8-13-4-2-1-3-5-13/h4,6-7,10-11H,1-3,5,8-9,12H2,(H,21,25)(H,23,24)/b22-11+. The molecule has 1 aliphatic rings. The van der Waals surface area contributed by atoms with Crippen molar-refractivity contribution < 1.29 is 23.2 Å². The molecule has 0 unspecified atom stereocenters. The zero-order chi connectivity index (χ0) is 18.8. The number of rotatable bonds is 8. The first kappa shape index (κ1) is 19.6. The van der Waals surface area contributed by atoms with Crippen LogP contribution in [0.4, 0.5) is 14.5 Å². The molecule has 0 saturated heterocycles. The summed E-state index contributed by atoms with van der Waals surface area (Å²) in [5.74, 6) is -2.76. The molecule has 1 aliphatic carbocycles. The average molecular weight is 365 g/mol. The van der Waals surface area contributed by atoms with Gasteiger partial charge in [0.2, 0.25) is 0 Å². The maximum absolute atomic E-state index is 13.4. The highest BCUT2D eigenvalue weighted by Gasteiger charge is 2.07. The van der Waals surface area contributed by atoms with Crippen LogP contribution < -0.4 is 10.6 Å². The summed E-state index contributed by atoms with van der Waals surface area (Å²) in [4.78, 5) is 27.8. The summed E-state index contributed by atoms with van der Waals surface area (Å²) in [6, 6.07) is 2.75. The molecular weight excluding hydrogens is 344 g/mol. The van der Waals surface area contributed by atoms with Crippen molar-refractivity contribution in [3.63, 3.8) is 0 Å². The predicted octanol–water partition coefficient (Wildman–Crippen LogP) is 2.91. The molecule has 2 rings (SSSR count). The van der Waals surface area contributed by atoms with Gasteiger partial charge in [-0.05, 0) is 44.2 Å². The van der Waals surface area contributed by atoms with Crippen LogP contribution in [-0.2, 0) is 14.4 Å². The van der Waals surface area contributed by atoms with Gasteiger partial charge in [0.05, 0.1) is 5.69 Å². The molecule has 6 nitrogen and oxygen atoms in total. The van der Waals surface area contributed by atoms with Crippen LogP contribution in [-0.4, -0.2) is 31.2 Å². The Bertz CT molecular complexity index is 705. The highest BCUT2D eigenvalue weighted by molar-refractivity contribution is 6.31. The molecule has 0 aromatic heterocycles. The molecular formula is C18H21F2N3O3. The number of carbonyl (C=O) groups is 2. The Balaban J connectivity index is 1.62. The number of nitrogens with one attached hydrogen (secondary N) is 2. The van der Waals surface area contributed by atoms with E-state index in [4.69, 9.17) is 4.84 Å².